The number of benzene rings is 3. The van der Waals surface area contributed by atoms with E-state index in [9.17, 15) is 9.18 Å². The number of hydrogen-bond acceptors (Lipinski definition) is 5. The summed E-state index contributed by atoms with van der Waals surface area (Å²) in [6.07, 6.45) is 3.69. The van der Waals surface area contributed by atoms with Gasteiger partial charge < -0.3 is 0 Å². The van der Waals surface area contributed by atoms with Gasteiger partial charge in [-0.2, -0.15) is 14.6 Å². The van der Waals surface area contributed by atoms with Crippen LogP contribution in [0, 0.1) is 5.82 Å². The van der Waals surface area contributed by atoms with Crippen LogP contribution in [0.15, 0.2) is 89.9 Å². The lowest BCUT2D eigenvalue weighted by Gasteiger charge is -2.00. The van der Waals surface area contributed by atoms with Crippen LogP contribution in [0.5, 0.6) is 0 Å². The molecule has 9 heteroatoms. The molecular formula is C26H15ClFN5OS. The van der Waals surface area contributed by atoms with Crippen LogP contribution in [-0.4, -0.2) is 24.4 Å². The van der Waals surface area contributed by atoms with Crippen LogP contribution >= 0.6 is 22.9 Å². The standard InChI is InChI=1S/C26H15ClFN5OS/c27-19-10-6-16(7-11-19)23-18(15-32(30-23)21-4-2-1-3-5-21)14-22-25(34)33-26(35-22)29-24(31-33)17-8-12-20(28)13-9-17/h1-15H/b22-14-. The van der Waals surface area contributed by atoms with Crippen molar-refractivity contribution in [2.45, 2.75) is 0 Å². The van der Waals surface area contributed by atoms with E-state index in [-0.39, 0.29) is 11.4 Å². The normalized spacial score (nSPS) is 12.0. The molecule has 3 aromatic carbocycles. The number of rotatable bonds is 4. The summed E-state index contributed by atoms with van der Waals surface area (Å²) >= 11 is 7.32. The molecule has 0 amide bonds. The second kappa shape index (κ2) is 8.57. The number of aromatic nitrogens is 5. The summed E-state index contributed by atoms with van der Waals surface area (Å²) in [7, 11) is 0. The highest BCUT2D eigenvalue weighted by Crippen LogP contribution is 2.26. The van der Waals surface area contributed by atoms with Gasteiger partial charge in [-0.1, -0.05) is 53.3 Å². The Bertz CT molecular complexity index is 1770. The summed E-state index contributed by atoms with van der Waals surface area (Å²) in [5.41, 5.74) is 3.63. The summed E-state index contributed by atoms with van der Waals surface area (Å²) in [4.78, 5) is 18.1. The highest BCUT2D eigenvalue weighted by molar-refractivity contribution is 7.15. The van der Waals surface area contributed by atoms with E-state index in [2.05, 4.69) is 10.1 Å². The molecule has 0 spiro atoms. The smallest absolute Gasteiger partial charge is 0.266 e. The van der Waals surface area contributed by atoms with Crippen LogP contribution in [0.25, 0.3) is 39.4 Å². The molecule has 0 saturated heterocycles. The minimum Gasteiger partial charge on any atom is -0.266 e. The van der Waals surface area contributed by atoms with Crippen molar-refractivity contribution in [3.63, 3.8) is 0 Å². The quantitative estimate of drug-likeness (QED) is 0.342. The van der Waals surface area contributed by atoms with Gasteiger partial charge in [0.2, 0.25) is 4.96 Å². The number of halogens is 2. The minimum absolute atomic E-state index is 0.277. The van der Waals surface area contributed by atoms with Gasteiger partial charge in [0.05, 0.1) is 10.2 Å². The molecule has 0 fully saturated rings. The first-order valence-corrected chi connectivity index (χ1v) is 11.8. The van der Waals surface area contributed by atoms with Crippen molar-refractivity contribution in [3.05, 3.63) is 116 Å². The molecule has 35 heavy (non-hydrogen) atoms. The fourth-order valence-corrected chi connectivity index (χ4v) is 4.76. The number of nitrogens with zero attached hydrogens (tertiary/aromatic N) is 5. The van der Waals surface area contributed by atoms with E-state index in [1.165, 1.54) is 28.0 Å². The lowest BCUT2D eigenvalue weighted by Crippen LogP contribution is -2.23. The number of thiazole rings is 1. The van der Waals surface area contributed by atoms with Gasteiger partial charge in [0.15, 0.2) is 5.82 Å². The monoisotopic (exact) mass is 499 g/mol. The molecule has 6 aromatic rings. The zero-order valence-corrected chi connectivity index (χ0v) is 19.5. The summed E-state index contributed by atoms with van der Waals surface area (Å²) in [6.45, 7) is 0. The zero-order valence-electron chi connectivity index (χ0n) is 18.0. The molecule has 0 unspecified atom stereocenters. The average molecular weight is 500 g/mol. The second-order valence-corrected chi connectivity index (χ2v) is 9.22. The largest absolute Gasteiger partial charge is 0.291 e. The first-order valence-electron chi connectivity index (χ1n) is 10.6. The molecule has 0 bridgehead atoms. The van der Waals surface area contributed by atoms with E-state index in [0.717, 1.165) is 22.5 Å². The minimum atomic E-state index is -0.344. The molecule has 0 aliphatic heterocycles. The molecule has 6 rings (SSSR count). The predicted octanol–water partition coefficient (Wildman–Crippen LogP) is 5.01. The molecule has 0 N–H and O–H groups in total. The highest BCUT2D eigenvalue weighted by atomic mass is 35.5. The van der Waals surface area contributed by atoms with E-state index >= 15 is 0 Å². The maximum Gasteiger partial charge on any atom is 0.291 e. The maximum atomic E-state index is 13.2. The molecule has 3 aromatic heterocycles. The fraction of sp³-hybridized carbons (Fsp3) is 0. The molecule has 0 saturated carbocycles. The lowest BCUT2D eigenvalue weighted by atomic mass is 10.1. The molecule has 0 aliphatic carbocycles. The SMILES string of the molecule is O=c1/c(=C/c2cn(-c3ccccc3)nc2-c2ccc(Cl)cc2)sc2nc(-c3ccc(F)cc3)nn12. The highest BCUT2D eigenvalue weighted by Gasteiger charge is 2.15. The van der Waals surface area contributed by atoms with Crippen LogP contribution in [-0.2, 0) is 0 Å². The van der Waals surface area contributed by atoms with Gasteiger partial charge in [-0.05, 0) is 54.6 Å². The molecule has 170 valence electrons. The molecule has 0 radical (unpaired) electrons. The van der Waals surface area contributed by atoms with Gasteiger partial charge in [0.25, 0.3) is 5.56 Å². The Morgan fingerprint density at radius 3 is 2.31 bits per heavy atom. The Balaban J connectivity index is 1.48. The Kier molecular flexibility index (Phi) is 5.24. The van der Waals surface area contributed by atoms with Gasteiger partial charge in [-0.25, -0.2) is 9.07 Å². The van der Waals surface area contributed by atoms with Crippen LogP contribution in [0.2, 0.25) is 5.02 Å². The van der Waals surface area contributed by atoms with Gasteiger partial charge in [0, 0.05) is 27.9 Å². The van der Waals surface area contributed by atoms with E-state index in [1.807, 2.05) is 48.7 Å². The third kappa shape index (κ3) is 4.03. The Morgan fingerprint density at radius 2 is 1.60 bits per heavy atom. The number of para-hydroxylation sites is 1. The Hall–Kier alpha value is -4.14. The van der Waals surface area contributed by atoms with Crippen molar-refractivity contribution in [2.24, 2.45) is 0 Å². The van der Waals surface area contributed by atoms with Crippen molar-refractivity contribution < 1.29 is 4.39 Å². The van der Waals surface area contributed by atoms with Crippen molar-refractivity contribution in [3.8, 4) is 28.3 Å². The van der Waals surface area contributed by atoms with Gasteiger partial charge in [0.1, 0.15) is 11.5 Å². The van der Waals surface area contributed by atoms with E-state index in [4.69, 9.17) is 16.7 Å². The Labute approximate surface area is 207 Å². The van der Waals surface area contributed by atoms with Crippen LogP contribution in [0.1, 0.15) is 5.56 Å². The summed E-state index contributed by atoms with van der Waals surface area (Å²) in [5.74, 6) is 0.0300. The third-order valence-corrected chi connectivity index (χ3v) is 6.66. The van der Waals surface area contributed by atoms with Crippen LogP contribution in [0.3, 0.4) is 0 Å². The molecule has 0 aliphatic rings. The average Bonchev–Trinajstić information content (AvgIpc) is 3.56. The summed E-state index contributed by atoms with van der Waals surface area (Å²) < 4.78 is 16.8. The molecule has 0 atom stereocenters. The zero-order chi connectivity index (χ0) is 23.9. The first-order chi connectivity index (χ1) is 17.0. The van der Waals surface area contributed by atoms with E-state index < -0.39 is 0 Å². The number of hydrogen-bond donors (Lipinski definition) is 0. The Morgan fingerprint density at radius 1 is 0.886 bits per heavy atom. The third-order valence-electron chi connectivity index (χ3n) is 5.45. The second-order valence-electron chi connectivity index (χ2n) is 7.77. The van der Waals surface area contributed by atoms with Crippen LogP contribution in [0.4, 0.5) is 4.39 Å². The van der Waals surface area contributed by atoms with Crippen LogP contribution < -0.4 is 10.1 Å². The topological polar surface area (TPSA) is 65.1 Å². The lowest BCUT2D eigenvalue weighted by molar-refractivity contribution is 0.628. The summed E-state index contributed by atoms with van der Waals surface area (Å²) in [5, 5.41) is 9.76. The van der Waals surface area contributed by atoms with E-state index in [1.54, 1.807) is 35.0 Å². The van der Waals surface area contributed by atoms with Crippen molar-refractivity contribution >= 4 is 34.0 Å². The maximum absolute atomic E-state index is 13.2. The van der Waals surface area contributed by atoms with Gasteiger partial charge >= 0.3 is 0 Å². The first kappa shape index (κ1) is 21.4. The fourth-order valence-electron chi connectivity index (χ4n) is 3.73. The summed E-state index contributed by atoms with van der Waals surface area (Å²) in [6, 6.07) is 23.0. The van der Waals surface area contributed by atoms with Crippen molar-refractivity contribution in [1.29, 1.82) is 0 Å². The molecule has 3 heterocycles. The van der Waals surface area contributed by atoms with Gasteiger partial charge in [-0.3, -0.25) is 4.79 Å². The van der Waals surface area contributed by atoms with Crippen molar-refractivity contribution in [1.82, 2.24) is 24.4 Å². The van der Waals surface area contributed by atoms with Gasteiger partial charge in [-0.15, -0.1) is 5.10 Å². The predicted molar refractivity (Wildman–Crippen MR) is 135 cm³/mol. The van der Waals surface area contributed by atoms with Crippen molar-refractivity contribution in [2.75, 3.05) is 0 Å². The number of fused-ring (bicyclic) bond motifs is 1. The molecular weight excluding hydrogens is 485 g/mol. The van der Waals surface area contributed by atoms with E-state index in [0.29, 0.717) is 25.9 Å². The molecule has 6 nitrogen and oxygen atoms in total.